The Hall–Kier alpha value is -3.57. The molecule has 5 rings (SSSR count). The monoisotopic (exact) mass is 483 g/mol. The smallest absolute Gasteiger partial charge is 0.345 e. The number of benzene rings is 1. The SMILES string of the molecule is CN(C)C(=O)c1ccc2ccc(-c3nnc4ccc([C@@H](N5CC[C@H](N)C5)C(F)(F)F)cn34)nc2c1. The van der Waals surface area contributed by atoms with Crippen molar-refractivity contribution in [3.8, 4) is 11.5 Å². The van der Waals surface area contributed by atoms with Gasteiger partial charge >= 0.3 is 6.18 Å². The molecule has 1 aliphatic heterocycles. The number of rotatable bonds is 4. The first kappa shape index (κ1) is 23.2. The summed E-state index contributed by atoms with van der Waals surface area (Å²) in [6.45, 7) is 0.454. The summed E-state index contributed by atoms with van der Waals surface area (Å²) in [4.78, 5) is 19.8. The molecular weight excluding hydrogens is 459 g/mol. The van der Waals surface area contributed by atoms with Gasteiger partial charge in [0.05, 0.1) is 5.52 Å². The second-order valence-corrected chi connectivity index (χ2v) is 9.01. The van der Waals surface area contributed by atoms with Gasteiger partial charge in [0.1, 0.15) is 11.7 Å². The molecule has 4 heterocycles. The fourth-order valence-corrected chi connectivity index (χ4v) is 4.53. The van der Waals surface area contributed by atoms with Crippen molar-refractivity contribution in [1.29, 1.82) is 0 Å². The summed E-state index contributed by atoms with van der Waals surface area (Å²) in [7, 11) is 3.33. The number of hydrogen-bond acceptors (Lipinski definition) is 6. The number of likely N-dealkylation sites (tertiary alicyclic amines) is 1. The van der Waals surface area contributed by atoms with E-state index in [0.717, 1.165) is 5.39 Å². The Morgan fingerprint density at radius 1 is 1.14 bits per heavy atom. The van der Waals surface area contributed by atoms with Crippen LogP contribution in [0.3, 0.4) is 0 Å². The number of nitrogens with zero attached hydrogens (tertiary/aromatic N) is 6. The standard InChI is InChI=1S/C24H24F3N7O/c1-32(2)23(35)15-4-3-14-5-7-18(29-19(14)11-15)22-31-30-20-8-6-16(12-34(20)22)21(24(25,26)27)33-10-9-17(28)13-33/h3-8,11-12,17,21H,9-10,13,28H2,1-2H3/t17-,21+/m0/s1. The largest absolute Gasteiger partial charge is 0.408 e. The van der Waals surface area contributed by atoms with E-state index in [1.165, 1.54) is 32.5 Å². The van der Waals surface area contributed by atoms with Gasteiger partial charge in [-0.3, -0.25) is 14.1 Å². The van der Waals surface area contributed by atoms with Crippen molar-refractivity contribution < 1.29 is 18.0 Å². The third kappa shape index (κ3) is 4.32. The lowest BCUT2D eigenvalue weighted by Crippen LogP contribution is -2.38. The molecule has 0 radical (unpaired) electrons. The number of nitrogens with two attached hydrogens (primary N) is 1. The van der Waals surface area contributed by atoms with Crippen LogP contribution in [0.25, 0.3) is 28.1 Å². The first-order valence-corrected chi connectivity index (χ1v) is 11.2. The van der Waals surface area contributed by atoms with Crippen molar-refractivity contribution in [1.82, 2.24) is 29.4 Å². The van der Waals surface area contributed by atoms with Crippen molar-refractivity contribution in [2.45, 2.75) is 24.7 Å². The van der Waals surface area contributed by atoms with Crippen molar-refractivity contribution >= 4 is 22.5 Å². The minimum absolute atomic E-state index is 0.0832. The summed E-state index contributed by atoms with van der Waals surface area (Å²) in [6.07, 6.45) is -2.53. The molecule has 35 heavy (non-hydrogen) atoms. The number of pyridine rings is 2. The molecule has 1 aromatic carbocycles. The highest BCUT2D eigenvalue weighted by Gasteiger charge is 2.46. The summed E-state index contributed by atoms with van der Waals surface area (Å²) >= 11 is 0. The zero-order chi connectivity index (χ0) is 24.9. The number of aromatic nitrogens is 4. The number of halogens is 3. The van der Waals surface area contributed by atoms with Gasteiger partial charge in [-0.15, -0.1) is 10.2 Å². The zero-order valence-corrected chi connectivity index (χ0v) is 19.2. The minimum Gasteiger partial charge on any atom is -0.345 e. The summed E-state index contributed by atoms with van der Waals surface area (Å²) < 4.78 is 43.8. The Morgan fingerprint density at radius 3 is 2.60 bits per heavy atom. The lowest BCUT2D eigenvalue weighted by atomic mass is 10.1. The zero-order valence-electron chi connectivity index (χ0n) is 19.2. The quantitative estimate of drug-likeness (QED) is 0.479. The fourth-order valence-electron chi connectivity index (χ4n) is 4.53. The van der Waals surface area contributed by atoms with Crippen LogP contribution in [0, 0.1) is 0 Å². The Kier molecular flexibility index (Phi) is 5.68. The number of fused-ring (bicyclic) bond motifs is 2. The van der Waals surface area contributed by atoms with E-state index in [-0.39, 0.29) is 30.6 Å². The average Bonchev–Trinajstić information content (AvgIpc) is 3.42. The summed E-state index contributed by atoms with van der Waals surface area (Å²) in [6, 6.07) is 9.68. The maximum atomic E-state index is 14.1. The topological polar surface area (TPSA) is 92.7 Å². The highest BCUT2D eigenvalue weighted by Crippen LogP contribution is 2.39. The molecule has 1 amide bonds. The van der Waals surface area contributed by atoms with Gasteiger partial charge in [-0.05, 0) is 36.2 Å². The van der Waals surface area contributed by atoms with Gasteiger partial charge in [-0.25, -0.2) is 4.98 Å². The number of alkyl halides is 3. The van der Waals surface area contributed by atoms with Crippen molar-refractivity contribution in [2.24, 2.45) is 5.73 Å². The molecule has 182 valence electrons. The van der Waals surface area contributed by atoms with E-state index in [0.29, 0.717) is 34.7 Å². The lowest BCUT2D eigenvalue weighted by Gasteiger charge is -2.30. The molecule has 1 saturated heterocycles. The summed E-state index contributed by atoms with van der Waals surface area (Å²) in [5.74, 6) is 0.156. The van der Waals surface area contributed by atoms with Gasteiger partial charge in [0.25, 0.3) is 5.91 Å². The number of amides is 1. The molecular formula is C24H24F3N7O. The van der Waals surface area contributed by atoms with Gasteiger partial charge < -0.3 is 10.6 Å². The van der Waals surface area contributed by atoms with Gasteiger partial charge in [0, 0.05) is 50.4 Å². The second-order valence-electron chi connectivity index (χ2n) is 9.01. The first-order chi connectivity index (χ1) is 16.6. The maximum Gasteiger partial charge on any atom is 0.408 e. The van der Waals surface area contributed by atoms with Crippen LogP contribution >= 0.6 is 0 Å². The van der Waals surface area contributed by atoms with E-state index in [1.807, 2.05) is 6.07 Å². The third-order valence-electron chi connectivity index (χ3n) is 6.25. The fraction of sp³-hybridized carbons (Fsp3) is 0.333. The highest BCUT2D eigenvalue weighted by atomic mass is 19.4. The molecule has 3 aromatic heterocycles. The Balaban J connectivity index is 1.58. The molecule has 1 aliphatic rings. The van der Waals surface area contributed by atoms with Crippen LogP contribution in [0.4, 0.5) is 13.2 Å². The van der Waals surface area contributed by atoms with Gasteiger partial charge in [0.2, 0.25) is 0 Å². The van der Waals surface area contributed by atoms with Gasteiger partial charge in [0.15, 0.2) is 11.5 Å². The first-order valence-electron chi connectivity index (χ1n) is 11.2. The van der Waals surface area contributed by atoms with E-state index in [2.05, 4.69) is 15.2 Å². The van der Waals surface area contributed by atoms with Crippen molar-refractivity contribution in [3.05, 3.63) is 59.8 Å². The molecule has 2 atom stereocenters. The van der Waals surface area contributed by atoms with Crippen LogP contribution < -0.4 is 5.73 Å². The average molecular weight is 483 g/mol. The lowest BCUT2D eigenvalue weighted by molar-refractivity contribution is -0.183. The number of carbonyl (C=O) groups excluding carboxylic acids is 1. The molecule has 11 heteroatoms. The van der Waals surface area contributed by atoms with Gasteiger partial charge in [-0.1, -0.05) is 18.2 Å². The van der Waals surface area contributed by atoms with Crippen LogP contribution in [0.5, 0.6) is 0 Å². The van der Waals surface area contributed by atoms with E-state index in [1.54, 1.807) is 38.4 Å². The third-order valence-corrected chi connectivity index (χ3v) is 6.25. The molecule has 2 N–H and O–H groups in total. The molecule has 1 fully saturated rings. The van der Waals surface area contributed by atoms with Crippen LogP contribution in [-0.4, -0.2) is 74.7 Å². The van der Waals surface area contributed by atoms with Crippen LogP contribution in [0.1, 0.15) is 28.4 Å². The second kappa shape index (κ2) is 8.58. The predicted molar refractivity (Wildman–Crippen MR) is 125 cm³/mol. The number of carbonyl (C=O) groups is 1. The van der Waals surface area contributed by atoms with Gasteiger partial charge in [-0.2, -0.15) is 13.2 Å². The number of hydrogen-bond donors (Lipinski definition) is 1. The van der Waals surface area contributed by atoms with Crippen molar-refractivity contribution in [3.63, 3.8) is 0 Å². The minimum atomic E-state index is -4.47. The maximum absolute atomic E-state index is 14.1. The normalized spacial score (nSPS) is 17.8. The highest BCUT2D eigenvalue weighted by molar-refractivity contribution is 5.97. The van der Waals surface area contributed by atoms with Crippen molar-refractivity contribution in [2.75, 3.05) is 27.2 Å². The Morgan fingerprint density at radius 2 is 1.91 bits per heavy atom. The van der Waals surface area contributed by atoms with Crippen LogP contribution in [0.15, 0.2) is 48.7 Å². The predicted octanol–water partition coefficient (Wildman–Crippen LogP) is 3.28. The summed E-state index contributed by atoms with van der Waals surface area (Å²) in [5, 5.41) is 9.12. The van der Waals surface area contributed by atoms with Crippen LogP contribution in [0.2, 0.25) is 0 Å². The molecule has 0 saturated carbocycles. The summed E-state index contributed by atoms with van der Waals surface area (Å²) in [5.41, 5.74) is 7.86. The van der Waals surface area contributed by atoms with Crippen LogP contribution in [-0.2, 0) is 0 Å². The van der Waals surface area contributed by atoms with E-state index >= 15 is 0 Å². The molecule has 0 aliphatic carbocycles. The molecule has 0 unspecified atom stereocenters. The molecule has 4 aromatic rings. The molecule has 8 nitrogen and oxygen atoms in total. The Bertz CT molecular complexity index is 1420. The molecule has 0 spiro atoms. The van der Waals surface area contributed by atoms with E-state index < -0.39 is 12.2 Å². The van der Waals surface area contributed by atoms with E-state index in [4.69, 9.17) is 5.73 Å². The Labute approximate surface area is 199 Å². The van der Waals surface area contributed by atoms with E-state index in [9.17, 15) is 18.0 Å². The molecule has 0 bridgehead atoms.